The van der Waals surface area contributed by atoms with Crippen molar-refractivity contribution >= 4 is 0 Å². The Balaban J connectivity index is 2.11. The fourth-order valence-electron chi connectivity index (χ4n) is 2.06. The molecule has 0 amide bonds. The van der Waals surface area contributed by atoms with E-state index < -0.39 is 0 Å². The van der Waals surface area contributed by atoms with Crippen LogP contribution in [0.2, 0.25) is 0 Å². The van der Waals surface area contributed by atoms with Crippen molar-refractivity contribution in [3.05, 3.63) is 0 Å². The summed E-state index contributed by atoms with van der Waals surface area (Å²) in [7, 11) is 0. The normalized spacial score (nSPS) is 20.4. The minimum Gasteiger partial charge on any atom is -0.374 e. The summed E-state index contributed by atoms with van der Waals surface area (Å²) in [6.07, 6.45) is 7.86. The van der Waals surface area contributed by atoms with E-state index in [0.29, 0.717) is 0 Å². The van der Waals surface area contributed by atoms with Crippen LogP contribution in [0.5, 0.6) is 0 Å². The Bertz CT molecular complexity index is 180. The lowest BCUT2D eigenvalue weighted by atomic mass is 9.83. The summed E-state index contributed by atoms with van der Waals surface area (Å²) in [6.45, 7) is 9.69. The summed E-state index contributed by atoms with van der Waals surface area (Å²) in [5.74, 6) is 0.963. The van der Waals surface area contributed by atoms with Crippen LogP contribution in [0.4, 0.5) is 0 Å². The van der Waals surface area contributed by atoms with Crippen molar-refractivity contribution in [1.29, 1.82) is 0 Å². The molecule has 0 bridgehead atoms. The molecule has 1 fully saturated rings. The van der Waals surface area contributed by atoms with Gasteiger partial charge in [0.2, 0.25) is 0 Å². The Hall–Kier alpha value is -0.0800. The molecule has 1 unspecified atom stereocenters. The molecule has 0 aromatic heterocycles. The molecule has 0 radical (unpaired) electrons. The van der Waals surface area contributed by atoms with E-state index in [-0.39, 0.29) is 5.60 Å². The van der Waals surface area contributed by atoms with Crippen LogP contribution in [0.3, 0.4) is 0 Å². The maximum atomic E-state index is 6.07. The SMILES string of the molecule is CCCNCC(C)(CC)OCCC1CCC1. The molecule has 1 N–H and O–H groups in total. The van der Waals surface area contributed by atoms with Gasteiger partial charge in [-0.25, -0.2) is 0 Å². The first-order valence-corrected chi connectivity index (χ1v) is 7.05. The zero-order chi connectivity index (χ0) is 11.9. The Morgan fingerprint density at radius 2 is 2.06 bits per heavy atom. The van der Waals surface area contributed by atoms with E-state index in [9.17, 15) is 0 Å². The molecular formula is C14H29NO. The molecule has 2 nitrogen and oxygen atoms in total. The molecule has 96 valence electrons. The minimum atomic E-state index is 0.0406. The number of nitrogens with one attached hydrogen (secondary N) is 1. The highest BCUT2D eigenvalue weighted by atomic mass is 16.5. The van der Waals surface area contributed by atoms with E-state index in [1.54, 1.807) is 0 Å². The van der Waals surface area contributed by atoms with Gasteiger partial charge in [-0.1, -0.05) is 33.1 Å². The molecule has 0 saturated heterocycles. The summed E-state index contributed by atoms with van der Waals surface area (Å²) in [5.41, 5.74) is 0.0406. The topological polar surface area (TPSA) is 21.3 Å². The fourth-order valence-corrected chi connectivity index (χ4v) is 2.06. The van der Waals surface area contributed by atoms with Gasteiger partial charge in [0.25, 0.3) is 0 Å². The summed E-state index contributed by atoms with van der Waals surface area (Å²) >= 11 is 0. The van der Waals surface area contributed by atoms with Crippen molar-refractivity contribution in [1.82, 2.24) is 5.32 Å². The van der Waals surface area contributed by atoms with Crippen LogP contribution in [-0.4, -0.2) is 25.3 Å². The van der Waals surface area contributed by atoms with Gasteiger partial charge in [0.05, 0.1) is 5.60 Å². The predicted molar refractivity (Wildman–Crippen MR) is 69.8 cm³/mol. The van der Waals surface area contributed by atoms with Crippen molar-refractivity contribution in [3.8, 4) is 0 Å². The van der Waals surface area contributed by atoms with Crippen molar-refractivity contribution in [2.24, 2.45) is 5.92 Å². The molecule has 0 aromatic rings. The van der Waals surface area contributed by atoms with Gasteiger partial charge < -0.3 is 10.1 Å². The molecule has 0 aromatic carbocycles. The predicted octanol–water partition coefficient (Wildman–Crippen LogP) is 3.36. The maximum Gasteiger partial charge on any atom is 0.0775 e. The molecule has 0 spiro atoms. The second-order valence-corrected chi connectivity index (χ2v) is 5.41. The van der Waals surface area contributed by atoms with E-state index in [2.05, 4.69) is 26.1 Å². The first-order valence-electron chi connectivity index (χ1n) is 7.05. The first-order chi connectivity index (χ1) is 7.70. The van der Waals surface area contributed by atoms with Crippen LogP contribution in [-0.2, 0) is 4.74 Å². The third kappa shape index (κ3) is 4.84. The number of rotatable bonds is 9. The van der Waals surface area contributed by atoms with Crippen LogP contribution in [0.15, 0.2) is 0 Å². The van der Waals surface area contributed by atoms with Crippen LogP contribution < -0.4 is 5.32 Å². The maximum absolute atomic E-state index is 6.07. The van der Waals surface area contributed by atoms with Crippen LogP contribution in [0.25, 0.3) is 0 Å². The standard InChI is InChI=1S/C14H29NO/c1-4-10-15-12-14(3,5-2)16-11-9-13-7-6-8-13/h13,15H,4-12H2,1-3H3. The molecule has 0 aliphatic heterocycles. The Morgan fingerprint density at radius 3 is 2.56 bits per heavy atom. The molecule has 1 saturated carbocycles. The largest absolute Gasteiger partial charge is 0.374 e. The number of ether oxygens (including phenoxy) is 1. The smallest absolute Gasteiger partial charge is 0.0775 e. The molecule has 2 heteroatoms. The highest BCUT2D eigenvalue weighted by molar-refractivity contribution is 4.77. The first kappa shape index (κ1) is 14.0. The van der Waals surface area contributed by atoms with Crippen LogP contribution in [0, 0.1) is 5.92 Å². The number of hydrogen-bond acceptors (Lipinski definition) is 2. The van der Waals surface area contributed by atoms with E-state index >= 15 is 0 Å². The second-order valence-electron chi connectivity index (χ2n) is 5.41. The molecule has 1 rings (SSSR count). The quantitative estimate of drug-likeness (QED) is 0.610. The highest BCUT2D eigenvalue weighted by Gasteiger charge is 2.23. The Labute approximate surface area is 101 Å². The molecule has 1 atom stereocenters. The molecular weight excluding hydrogens is 198 g/mol. The van der Waals surface area contributed by atoms with Gasteiger partial charge in [-0.05, 0) is 38.6 Å². The van der Waals surface area contributed by atoms with Gasteiger partial charge in [0, 0.05) is 13.2 Å². The average molecular weight is 227 g/mol. The van der Waals surface area contributed by atoms with Gasteiger partial charge >= 0.3 is 0 Å². The highest BCUT2D eigenvalue weighted by Crippen LogP contribution is 2.29. The lowest BCUT2D eigenvalue weighted by Crippen LogP contribution is -2.40. The Kier molecular flexibility index (Phi) is 6.37. The summed E-state index contributed by atoms with van der Waals surface area (Å²) in [6, 6.07) is 0. The van der Waals surface area contributed by atoms with Crippen LogP contribution >= 0.6 is 0 Å². The average Bonchev–Trinajstić information content (AvgIpc) is 2.22. The lowest BCUT2D eigenvalue weighted by Gasteiger charge is -2.31. The van der Waals surface area contributed by atoms with Crippen molar-refractivity contribution in [3.63, 3.8) is 0 Å². The Morgan fingerprint density at radius 1 is 1.31 bits per heavy atom. The van der Waals surface area contributed by atoms with Gasteiger partial charge in [-0.15, -0.1) is 0 Å². The van der Waals surface area contributed by atoms with E-state index in [1.165, 1.54) is 32.1 Å². The second kappa shape index (κ2) is 7.29. The summed E-state index contributed by atoms with van der Waals surface area (Å²) < 4.78 is 6.07. The minimum absolute atomic E-state index is 0.0406. The fraction of sp³-hybridized carbons (Fsp3) is 1.00. The van der Waals surface area contributed by atoms with Gasteiger partial charge in [-0.3, -0.25) is 0 Å². The van der Waals surface area contributed by atoms with Gasteiger partial charge in [0.1, 0.15) is 0 Å². The molecule has 1 aliphatic carbocycles. The summed E-state index contributed by atoms with van der Waals surface area (Å²) in [5, 5.41) is 3.47. The number of hydrogen-bond donors (Lipinski definition) is 1. The van der Waals surface area contributed by atoms with Gasteiger partial charge in [0.15, 0.2) is 0 Å². The van der Waals surface area contributed by atoms with Crippen LogP contribution in [0.1, 0.15) is 59.3 Å². The van der Waals surface area contributed by atoms with E-state index in [1.807, 2.05) is 0 Å². The van der Waals surface area contributed by atoms with Crippen molar-refractivity contribution < 1.29 is 4.74 Å². The van der Waals surface area contributed by atoms with Crippen molar-refractivity contribution in [2.45, 2.75) is 64.9 Å². The molecule has 16 heavy (non-hydrogen) atoms. The van der Waals surface area contributed by atoms with E-state index in [0.717, 1.165) is 32.0 Å². The monoisotopic (exact) mass is 227 g/mol. The third-order valence-electron chi connectivity index (χ3n) is 3.87. The molecule has 1 aliphatic rings. The lowest BCUT2D eigenvalue weighted by molar-refractivity contribution is -0.0412. The summed E-state index contributed by atoms with van der Waals surface area (Å²) in [4.78, 5) is 0. The van der Waals surface area contributed by atoms with Gasteiger partial charge in [-0.2, -0.15) is 0 Å². The third-order valence-corrected chi connectivity index (χ3v) is 3.87. The molecule has 0 heterocycles. The zero-order valence-electron chi connectivity index (χ0n) is 11.3. The zero-order valence-corrected chi connectivity index (χ0v) is 11.3. The van der Waals surface area contributed by atoms with Crippen molar-refractivity contribution in [2.75, 3.05) is 19.7 Å². The van der Waals surface area contributed by atoms with E-state index in [4.69, 9.17) is 4.74 Å².